The number of nitrogens with two attached hydrogens (primary N) is 1. The summed E-state index contributed by atoms with van der Waals surface area (Å²) in [4.78, 5) is 0.973. The highest BCUT2D eigenvalue weighted by atomic mass is 32.1. The topological polar surface area (TPSA) is 69.1 Å². The molecule has 0 spiro atoms. The van der Waals surface area contributed by atoms with Crippen molar-refractivity contribution in [2.24, 2.45) is 5.73 Å². The predicted octanol–water partition coefficient (Wildman–Crippen LogP) is 3.22. The average molecular weight is 305 g/mol. The smallest absolute Gasteiger partial charge is 0.234 e. The molecule has 0 radical (unpaired) electrons. The molecule has 2 N–H and O–H groups in total. The first-order valence-electron chi connectivity index (χ1n) is 8.29. The summed E-state index contributed by atoms with van der Waals surface area (Å²) in [6, 6.07) is 0.393. The highest BCUT2D eigenvalue weighted by Crippen LogP contribution is 2.36. The Labute approximate surface area is 128 Å². The van der Waals surface area contributed by atoms with Crippen LogP contribution in [0.4, 0.5) is 0 Å². The molecule has 0 atom stereocenters. The van der Waals surface area contributed by atoms with E-state index in [1.54, 1.807) is 11.3 Å². The molecule has 114 valence electrons. The van der Waals surface area contributed by atoms with Crippen molar-refractivity contribution in [3.05, 3.63) is 10.8 Å². The first-order chi connectivity index (χ1) is 10.3. The summed E-state index contributed by atoms with van der Waals surface area (Å²) >= 11 is 1.73. The number of hydrogen-bond acceptors (Lipinski definition) is 5. The van der Waals surface area contributed by atoms with Crippen LogP contribution in [0.1, 0.15) is 80.5 Å². The van der Waals surface area contributed by atoms with Crippen molar-refractivity contribution < 1.29 is 0 Å². The van der Waals surface area contributed by atoms with Crippen LogP contribution in [-0.2, 0) is 0 Å². The molecule has 0 saturated heterocycles. The molecule has 2 aliphatic carbocycles. The molecular weight excluding hydrogens is 282 g/mol. The van der Waals surface area contributed by atoms with Crippen molar-refractivity contribution in [2.45, 2.75) is 75.7 Å². The van der Waals surface area contributed by atoms with Crippen molar-refractivity contribution in [2.75, 3.05) is 0 Å². The van der Waals surface area contributed by atoms with Gasteiger partial charge >= 0.3 is 0 Å². The van der Waals surface area contributed by atoms with E-state index in [-0.39, 0.29) is 0 Å². The summed E-state index contributed by atoms with van der Waals surface area (Å²) < 4.78 is 2.03. The van der Waals surface area contributed by atoms with Crippen molar-refractivity contribution in [1.29, 1.82) is 0 Å². The molecule has 0 aliphatic heterocycles. The molecule has 2 fully saturated rings. The van der Waals surface area contributed by atoms with Crippen LogP contribution in [0.25, 0.3) is 4.96 Å². The minimum atomic E-state index is 0.393. The highest BCUT2D eigenvalue weighted by Gasteiger charge is 2.26. The fourth-order valence-corrected chi connectivity index (χ4v) is 4.81. The zero-order valence-corrected chi connectivity index (χ0v) is 13.2. The Morgan fingerprint density at radius 1 is 0.905 bits per heavy atom. The van der Waals surface area contributed by atoms with Gasteiger partial charge in [-0.2, -0.15) is 9.61 Å². The largest absolute Gasteiger partial charge is 0.328 e. The van der Waals surface area contributed by atoms with Gasteiger partial charge < -0.3 is 5.73 Å². The number of rotatable bonds is 2. The molecule has 0 bridgehead atoms. The molecule has 4 rings (SSSR count). The second-order valence-electron chi connectivity index (χ2n) is 6.64. The fourth-order valence-electron chi connectivity index (χ4n) is 3.79. The second kappa shape index (κ2) is 5.65. The maximum atomic E-state index is 6.01. The SMILES string of the molecule is NC1CCC(c2nn3c(C4CCCCC4)nnc3s2)CC1. The van der Waals surface area contributed by atoms with Gasteiger partial charge in [0, 0.05) is 17.9 Å². The summed E-state index contributed by atoms with van der Waals surface area (Å²) in [6.07, 6.45) is 11.1. The lowest BCUT2D eigenvalue weighted by atomic mass is 9.87. The van der Waals surface area contributed by atoms with Gasteiger partial charge in [0.2, 0.25) is 4.96 Å². The Bertz CT molecular complexity index is 605. The van der Waals surface area contributed by atoms with Crippen LogP contribution in [-0.4, -0.2) is 25.9 Å². The van der Waals surface area contributed by atoms with Crippen LogP contribution in [0, 0.1) is 0 Å². The Morgan fingerprint density at radius 2 is 1.67 bits per heavy atom. The third-order valence-corrected chi connectivity index (χ3v) is 6.18. The van der Waals surface area contributed by atoms with Gasteiger partial charge in [0.15, 0.2) is 5.82 Å². The molecule has 2 aromatic heterocycles. The lowest BCUT2D eigenvalue weighted by Crippen LogP contribution is -2.25. The van der Waals surface area contributed by atoms with Crippen LogP contribution in [0.3, 0.4) is 0 Å². The maximum absolute atomic E-state index is 6.01. The number of nitrogens with zero attached hydrogens (tertiary/aromatic N) is 4. The van der Waals surface area contributed by atoms with Gasteiger partial charge in [-0.3, -0.25) is 0 Å². The van der Waals surface area contributed by atoms with E-state index in [0.29, 0.717) is 17.9 Å². The molecule has 2 heterocycles. The van der Waals surface area contributed by atoms with E-state index >= 15 is 0 Å². The van der Waals surface area contributed by atoms with Gasteiger partial charge in [-0.1, -0.05) is 30.6 Å². The lowest BCUT2D eigenvalue weighted by Gasteiger charge is -2.24. The molecule has 2 aliphatic rings. The molecule has 0 amide bonds. The van der Waals surface area contributed by atoms with E-state index < -0.39 is 0 Å². The summed E-state index contributed by atoms with van der Waals surface area (Å²) in [5, 5.41) is 14.9. The van der Waals surface area contributed by atoms with Crippen LogP contribution in [0.5, 0.6) is 0 Å². The minimum Gasteiger partial charge on any atom is -0.328 e. The van der Waals surface area contributed by atoms with Gasteiger partial charge in [0.1, 0.15) is 5.01 Å². The van der Waals surface area contributed by atoms with Crippen LogP contribution >= 0.6 is 11.3 Å². The van der Waals surface area contributed by atoms with Crippen LogP contribution in [0.15, 0.2) is 0 Å². The molecule has 2 aromatic rings. The van der Waals surface area contributed by atoms with E-state index in [0.717, 1.165) is 23.6 Å². The Morgan fingerprint density at radius 3 is 2.43 bits per heavy atom. The van der Waals surface area contributed by atoms with E-state index in [1.165, 1.54) is 50.0 Å². The van der Waals surface area contributed by atoms with Gasteiger partial charge in [-0.15, -0.1) is 10.2 Å². The van der Waals surface area contributed by atoms with E-state index in [4.69, 9.17) is 10.8 Å². The van der Waals surface area contributed by atoms with E-state index in [2.05, 4.69) is 10.2 Å². The average Bonchev–Trinajstić information content (AvgIpc) is 3.09. The first-order valence-corrected chi connectivity index (χ1v) is 9.10. The maximum Gasteiger partial charge on any atom is 0.234 e. The third kappa shape index (κ3) is 2.59. The summed E-state index contributed by atoms with van der Waals surface area (Å²) in [5.74, 6) is 2.24. The Kier molecular flexibility index (Phi) is 3.67. The number of aromatic nitrogens is 4. The van der Waals surface area contributed by atoms with Crippen LogP contribution in [0.2, 0.25) is 0 Å². The molecule has 6 heteroatoms. The molecule has 2 saturated carbocycles. The Balaban J connectivity index is 1.60. The van der Waals surface area contributed by atoms with Gasteiger partial charge in [0.25, 0.3) is 0 Å². The predicted molar refractivity (Wildman–Crippen MR) is 83.7 cm³/mol. The zero-order chi connectivity index (χ0) is 14.2. The van der Waals surface area contributed by atoms with Gasteiger partial charge in [-0.25, -0.2) is 0 Å². The lowest BCUT2D eigenvalue weighted by molar-refractivity contribution is 0.391. The van der Waals surface area contributed by atoms with Crippen molar-refractivity contribution in [1.82, 2.24) is 19.8 Å². The molecule has 21 heavy (non-hydrogen) atoms. The molecule has 5 nitrogen and oxygen atoms in total. The molecule has 0 unspecified atom stereocenters. The first kappa shape index (κ1) is 13.6. The molecular formula is C15H23N5S. The number of fused-ring (bicyclic) bond motifs is 1. The summed E-state index contributed by atoms with van der Waals surface area (Å²) in [7, 11) is 0. The van der Waals surface area contributed by atoms with Crippen molar-refractivity contribution in [3.8, 4) is 0 Å². The van der Waals surface area contributed by atoms with Crippen molar-refractivity contribution >= 4 is 16.3 Å². The fraction of sp³-hybridized carbons (Fsp3) is 0.800. The standard InChI is InChI=1S/C15H23N5S/c16-12-8-6-11(7-9-12)14-19-20-13(17-18-15(20)21-14)10-4-2-1-3-5-10/h10-12H,1-9,16H2. The normalized spacial score (nSPS) is 28.2. The van der Waals surface area contributed by atoms with Crippen molar-refractivity contribution in [3.63, 3.8) is 0 Å². The number of hydrogen-bond donors (Lipinski definition) is 1. The molecule has 0 aromatic carbocycles. The minimum absolute atomic E-state index is 0.393. The summed E-state index contributed by atoms with van der Waals surface area (Å²) in [6.45, 7) is 0. The van der Waals surface area contributed by atoms with Gasteiger partial charge in [-0.05, 0) is 38.5 Å². The monoisotopic (exact) mass is 305 g/mol. The zero-order valence-electron chi connectivity index (χ0n) is 12.4. The quantitative estimate of drug-likeness (QED) is 0.925. The summed E-state index contributed by atoms with van der Waals surface area (Å²) in [5.41, 5.74) is 6.01. The Hall–Kier alpha value is -1.01. The van der Waals surface area contributed by atoms with E-state index in [9.17, 15) is 0 Å². The van der Waals surface area contributed by atoms with Crippen LogP contribution < -0.4 is 5.73 Å². The highest BCUT2D eigenvalue weighted by molar-refractivity contribution is 7.16. The van der Waals surface area contributed by atoms with Gasteiger partial charge in [0.05, 0.1) is 0 Å². The van der Waals surface area contributed by atoms with E-state index in [1.807, 2.05) is 4.52 Å². The second-order valence-corrected chi connectivity index (χ2v) is 7.63. The third-order valence-electron chi connectivity index (χ3n) is 5.12.